The lowest BCUT2D eigenvalue weighted by molar-refractivity contribution is 0.497. The summed E-state index contributed by atoms with van der Waals surface area (Å²) in [6, 6.07) is 0. The van der Waals surface area contributed by atoms with E-state index in [2.05, 4.69) is 48.8 Å². The van der Waals surface area contributed by atoms with Crippen LogP contribution in [0, 0.1) is 6.92 Å². The number of aromatic nitrogens is 3. The molecule has 26 heavy (non-hydrogen) atoms. The highest BCUT2D eigenvalue weighted by atomic mass is 32.1. The molecule has 5 heteroatoms. The lowest BCUT2D eigenvalue weighted by atomic mass is 10.1. The highest BCUT2D eigenvalue weighted by molar-refractivity contribution is 7.13. The Kier molecular flexibility index (Phi) is 5.89. The third-order valence-corrected chi connectivity index (χ3v) is 4.84. The van der Waals surface area contributed by atoms with Crippen molar-refractivity contribution in [3.05, 3.63) is 53.7 Å². The van der Waals surface area contributed by atoms with Crippen molar-refractivity contribution in [1.29, 1.82) is 0 Å². The molecule has 1 aliphatic rings. The Morgan fingerprint density at radius 2 is 2.08 bits per heavy atom. The van der Waals surface area contributed by atoms with E-state index in [0.717, 1.165) is 39.1 Å². The largest absolute Gasteiger partial charge is 0.448 e. The molecule has 1 N–H and O–H groups in total. The molecule has 3 aromatic rings. The molecular weight excluding hydrogens is 342 g/mol. The predicted molar refractivity (Wildman–Crippen MR) is 109 cm³/mol. The number of hydrogen-bond donors (Lipinski definition) is 1. The maximum atomic E-state index is 5.57. The van der Waals surface area contributed by atoms with Gasteiger partial charge in [-0.15, -0.1) is 11.3 Å². The second kappa shape index (κ2) is 8.32. The van der Waals surface area contributed by atoms with Gasteiger partial charge in [-0.1, -0.05) is 45.1 Å². The first-order valence-electron chi connectivity index (χ1n) is 9.06. The van der Waals surface area contributed by atoms with E-state index in [9.17, 15) is 0 Å². The third-order valence-electron chi connectivity index (χ3n) is 3.97. The topological polar surface area (TPSA) is 54.7 Å². The van der Waals surface area contributed by atoms with Crippen LogP contribution in [-0.2, 0) is 0 Å². The van der Waals surface area contributed by atoms with Crippen LogP contribution in [0.2, 0.25) is 0 Å². The minimum atomic E-state index is 0.520. The quantitative estimate of drug-likeness (QED) is 0.517. The summed E-state index contributed by atoms with van der Waals surface area (Å²) in [7, 11) is 0. The molecule has 0 saturated heterocycles. The number of nitrogens with zero attached hydrogens (tertiary/aromatic N) is 2. The molecule has 0 aliphatic heterocycles. The molecule has 1 saturated carbocycles. The number of hydrogen-bond acceptors (Lipinski definition) is 4. The van der Waals surface area contributed by atoms with Crippen LogP contribution in [0.15, 0.2) is 41.0 Å². The first-order valence-corrected chi connectivity index (χ1v) is 9.94. The maximum Gasteiger partial charge on any atom is 0.197 e. The number of aryl methyl sites for hydroxylation is 1. The average molecular weight is 368 g/mol. The second-order valence-electron chi connectivity index (χ2n) is 6.43. The maximum absolute atomic E-state index is 5.57. The van der Waals surface area contributed by atoms with E-state index in [1.807, 2.05) is 12.3 Å². The molecule has 0 atom stereocenters. The Morgan fingerprint density at radius 3 is 2.77 bits per heavy atom. The predicted octanol–water partition coefficient (Wildman–Crippen LogP) is 6.59. The molecule has 0 bridgehead atoms. The molecule has 0 unspecified atom stereocenters. The molecule has 0 amide bonds. The molecule has 136 valence electrons. The molecule has 1 fully saturated rings. The summed E-state index contributed by atoms with van der Waals surface area (Å²) >= 11 is 1.59. The van der Waals surface area contributed by atoms with Crippen molar-refractivity contribution in [2.75, 3.05) is 0 Å². The minimum Gasteiger partial charge on any atom is -0.448 e. The van der Waals surface area contributed by atoms with Crippen molar-refractivity contribution >= 4 is 17.4 Å². The van der Waals surface area contributed by atoms with Gasteiger partial charge in [-0.3, -0.25) is 0 Å². The van der Waals surface area contributed by atoms with Crippen molar-refractivity contribution in [3.8, 4) is 22.0 Å². The van der Waals surface area contributed by atoms with Gasteiger partial charge in [0.05, 0.1) is 5.69 Å². The van der Waals surface area contributed by atoms with Crippen molar-refractivity contribution in [1.82, 2.24) is 15.0 Å². The van der Waals surface area contributed by atoms with E-state index in [0.29, 0.717) is 5.92 Å². The minimum absolute atomic E-state index is 0.520. The van der Waals surface area contributed by atoms with Crippen LogP contribution >= 0.6 is 11.3 Å². The van der Waals surface area contributed by atoms with E-state index in [4.69, 9.17) is 9.40 Å². The zero-order valence-electron chi connectivity index (χ0n) is 15.6. The number of nitrogens with one attached hydrogen (secondary N) is 1. The van der Waals surface area contributed by atoms with E-state index in [-0.39, 0.29) is 0 Å². The molecule has 0 radical (unpaired) electrons. The Bertz CT molecular complexity index is 896. The molecule has 0 aromatic carbocycles. The van der Waals surface area contributed by atoms with Crippen LogP contribution in [0.25, 0.3) is 28.0 Å². The van der Waals surface area contributed by atoms with E-state index < -0.39 is 0 Å². The molecular formula is C21H25N3OS. The number of oxazole rings is 1. The fourth-order valence-electron chi connectivity index (χ4n) is 2.55. The van der Waals surface area contributed by atoms with E-state index in [1.54, 1.807) is 23.7 Å². The number of aromatic amines is 1. The number of rotatable bonds is 5. The van der Waals surface area contributed by atoms with Gasteiger partial charge in [0.15, 0.2) is 5.89 Å². The number of allylic oxidation sites excluding steroid dienone is 2. The molecule has 0 spiro atoms. The highest BCUT2D eigenvalue weighted by Gasteiger charge is 2.29. The summed E-state index contributed by atoms with van der Waals surface area (Å²) in [5.74, 6) is 1.37. The van der Waals surface area contributed by atoms with Gasteiger partial charge in [0, 0.05) is 34.3 Å². The van der Waals surface area contributed by atoms with Gasteiger partial charge < -0.3 is 9.40 Å². The van der Waals surface area contributed by atoms with Crippen LogP contribution in [0.5, 0.6) is 0 Å². The molecule has 4 nitrogen and oxygen atoms in total. The van der Waals surface area contributed by atoms with E-state index in [1.165, 1.54) is 19.3 Å². The SMILES string of the molecule is C=C/C=C\c1c(-c2csc(-c3coc(C4CC4)n3)n2)c[nH]c1C.CCC. The summed E-state index contributed by atoms with van der Waals surface area (Å²) < 4.78 is 5.57. The molecule has 1 aliphatic carbocycles. The van der Waals surface area contributed by atoms with Gasteiger partial charge in [0.2, 0.25) is 0 Å². The fourth-order valence-corrected chi connectivity index (χ4v) is 3.32. The smallest absolute Gasteiger partial charge is 0.197 e. The Labute approximate surface area is 158 Å². The van der Waals surface area contributed by atoms with Gasteiger partial charge in [0.25, 0.3) is 0 Å². The normalized spacial score (nSPS) is 13.7. The third kappa shape index (κ3) is 4.05. The van der Waals surface area contributed by atoms with Crippen molar-refractivity contribution in [3.63, 3.8) is 0 Å². The Morgan fingerprint density at radius 1 is 1.31 bits per heavy atom. The Balaban J connectivity index is 0.000000613. The zero-order chi connectivity index (χ0) is 18.5. The van der Waals surface area contributed by atoms with Crippen LogP contribution in [0.4, 0.5) is 0 Å². The fraction of sp³-hybridized carbons (Fsp3) is 0.333. The monoisotopic (exact) mass is 367 g/mol. The number of thiazole rings is 1. The van der Waals surface area contributed by atoms with Crippen LogP contribution in [0.3, 0.4) is 0 Å². The van der Waals surface area contributed by atoms with Crippen LogP contribution in [-0.4, -0.2) is 15.0 Å². The van der Waals surface area contributed by atoms with Gasteiger partial charge in [-0.25, -0.2) is 9.97 Å². The summed E-state index contributed by atoms with van der Waals surface area (Å²) in [6.45, 7) is 10.0. The van der Waals surface area contributed by atoms with Crippen molar-refractivity contribution < 1.29 is 4.42 Å². The zero-order valence-corrected chi connectivity index (χ0v) is 16.4. The van der Waals surface area contributed by atoms with Crippen molar-refractivity contribution in [2.45, 2.75) is 46.0 Å². The summed E-state index contributed by atoms with van der Waals surface area (Å²) in [6.07, 6.45) is 13.1. The van der Waals surface area contributed by atoms with Crippen LogP contribution < -0.4 is 0 Å². The number of H-pyrrole nitrogens is 1. The van der Waals surface area contributed by atoms with Gasteiger partial charge in [0.1, 0.15) is 17.0 Å². The lowest BCUT2D eigenvalue weighted by Gasteiger charge is -1.96. The highest BCUT2D eigenvalue weighted by Crippen LogP contribution is 2.40. The first kappa shape index (κ1) is 18.4. The standard InChI is InChI=1S/C18H17N3OS.C3H8/c1-3-4-5-13-11(2)19-8-14(13)16-10-23-18(21-16)15-9-22-17(20-15)12-6-7-12;1-3-2/h3-5,8-10,12,19H,1,6-7H2,2H3;3H2,1-2H3/b5-4-;. The average Bonchev–Trinajstić information content (AvgIpc) is 3.04. The second-order valence-corrected chi connectivity index (χ2v) is 7.28. The summed E-state index contributed by atoms with van der Waals surface area (Å²) in [4.78, 5) is 12.6. The van der Waals surface area contributed by atoms with Crippen molar-refractivity contribution in [2.24, 2.45) is 0 Å². The molecule has 4 rings (SSSR count). The van der Waals surface area contributed by atoms with Gasteiger partial charge in [-0.05, 0) is 19.8 Å². The first-order chi connectivity index (χ1) is 12.7. The summed E-state index contributed by atoms with van der Waals surface area (Å²) in [5.41, 5.74) is 5.13. The molecule has 3 heterocycles. The molecule has 3 aromatic heterocycles. The van der Waals surface area contributed by atoms with Gasteiger partial charge >= 0.3 is 0 Å². The lowest BCUT2D eigenvalue weighted by Crippen LogP contribution is -1.82. The summed E-state index contributed by atoms with van der Waals surface area (Å²) in [5, 5.41) is 2.96. The van der Waals surface area contributed by atoms with Crippen LogP contribution in [0.1, 0.15) is 56.2 Å². The Hall–Kier alpha value is -2.40. The van der Waals surface area contributed by atoms with Gasteiger partial charge in [-0.2, -0.15) is 0 Å². The van der Waals surface area contributed by atoms with E-state index >= 15 is 0 Å².